The molecule has 0 saturated heterocycles. The molecule has 0 aliphatic rings. The summed E-state index contributed by atoms with van der Waals surface area (Å²) >= 11 is 0. The molecule has 6 heteroatoms. The van der Waals surface area contributed by atoms with E-state index in [1.165, 1.54) is 11.6 Å². The van der Waals surface area contributed by atoms with Crippen LogP contribution in [0.1, 0.15) is 5.56 Å². The molecule has 3 rings (SSSR count). The van der Waals surface area contributed by atoms with Crippen molar-refractivity contribution in [3.8, 4) is 0 Å². The zero-order valence-corrected chi connectivity index (χ0v) is 14.9. The van der Waals surface area contributed by atoms with Crippen molar-refractivity contribution in [1.29, 1.82) is 0 Å². The van der Waals surface area contributed by atoms with Crippen LogP contribution in [-0.4, -0.2) is 41.5 Å². The van der Waals surface area contributed by atoms with Crippen LogP contribution in [-0.2, 0) is 6.42 Å². The molecule has 0 aliphatic carbocycles. The van der Waals surface area contributed by atoms with E-state index >= 15 is 0 Å². The molecule has 3 aromatic rings. The van der Waals surface area contributed by atoms with Crippen LogP contribution in [0.25, 0.3) is 10.8 Å². The fourth-order valence-electron chi connectivity index (χ4n) is 3.04. The molecule has 1 aromatic heterocycles. The molecule has 6 nitrogen and oxygen atoms in total. The van der Waals surface area contributed by atoms with Crippen molar-refractivity contribution in [2.24, 2.45) is 0 Å². The number of rotatable bonds is 7. The molecule has 2 aromatic carbocycles. The molecule has 0 aliphatic heterocycles. The third-order valence-electron chi connectivity index (χ3n) is 4.56. The first-order valence-corrected chi connectivity index (χ1v) is 8.51. The first kappa shape index (κ1) is 17.8. The molecule has 0 spiro atoms. The van der Waals surface area contributed by atoms with Gasteiger partial charge in [0.2, 0.25) is 0 Å². The van der Waals surface area contributed by atoms with Gasteiger partial charge in [0.1, 0.15) is 0 Å². The van der Waals surface area contributed by atoms with Gasteiger partial charge in [-0.3, -0.25) is 15.1 Å². The third-order valence-corrected chi connectivity index (χ3v) is 4.56. The Morgan fingerprint density at radius 3 is 2.58 bits per heavy atom. The summed E-state index contributed by atoms with van der Waals surface area (Å²) in [7, 11) is 4.13. The number of fused-ring (bicyclic) bond motifs is 1. The lowest BCUT2D eigenvalue weighted by Crippen LogP contribution is -2.36. The van der Waals surface area contributed by atoms with Crippen molar-refractivity contribution in [1.82, 2.24) is 9.88 Å². The van der Waals surface area contributed by atoms with Crippen molar-refractivity contribution >= 4 is 22.1 Å². The van der Waals surface area contributed by atoms with Crippen LogP contribution in [0.2, 0.25) is 0 Å². The van der Waals surface area contributed by atoms with Crippen molar-refractivity contribution in [3.05, 3.63) is 76.6 Å². The van der Waals surface area contributed by atoms with Crippen molar-refractivity contribution in [3.63, 3.8) is 0 Å². The van der Waals surface area contributed by atoms with Gasteiger partial charge in [0.05, 0.1) is 10.3 Å². The highest BCUT2D eigenvalue weighted by Gasteiger charge is 2.16. The summed E-state index contributed by atoms with van der Waals surface area (Å²) in [5.41, 5.74) is 2.24. The molecule has 0 bridgehead atoms. The molecule has 0 amide bonds. The molecule has 134 valence electrons. The summed E-state index contributed by atoms with van der Waals surface area (Å²) < 4.78 is 0. The lowest BCUT2D eigenvalue weighted by Gasteiger charge is -2.25. The number of likely N-dealkylation sites (N-methyl/N-ethyl adjacent to an activating group) is 1. The second kappa shape index (κ2) is 7.93. The van der Waals surface area contributed by atoms with Gasteiger partial charge in [0.25, 0.3) is 5.69 Å². The number of aromatic nitrogens is 1. The Hall–Kier alpha value is -2.99. The largest absolute Gasteiger partial charge is 0.383 e. The van der Waals surface area contributed by atoms with E-state index in [-0.39, 0.29) is 10.6 Å². The Morgan fingerprint density at radius 2 is 1.88 bits per heavy atom. The van der Waals surface area contributed by atoms with Crippen molar-refractivity contribution in [2.75, 3.05) is 26.0 Å². The Kier molecular flexibility index (Phi) is 5.43. The Morgan fingerprint density at radius 1 is 1.12 bits per heavy atom. The summed E-state index contributed by atoms with van der Waals surface area (Å²) in [5, 5.41) is 16.1. The van der Waals surface area contributed by atoms with Gasteiger partial charge < -0.3 is 10.2 Å². The maximum Gasteiger partial charge on any atom is 0.278 e. The van der Waals surface area contributed by atoms with Gasteiger partial charge in [0.15, 0.2) is 0 Å². The van der Waals surface area contributed by atoms with E-state index < -0.39 is 0 Å². The highest BCUT2D eigenvalue weighted by molar-refractivity contribution is 5.99. The van der Waals surface area contributed by atoms with Crippen LogP contribution in [0.3, 0.4) is 0 Å². The van der Waals surface area contributed by atoms with E-state index in [1.54, 1.807) is 18.5 Å². The number of hydrogen-bond donors (Lipinski definition) is 1. The quantitative estimate of drug-likeness (QED) is 0.519. The number of nitro benzene ring substituents is 1. The van der Waals surface area contributed by atoms with Crippen LogP contribution < -0.4 is 5.32 Å². The summed E-state index contributed by atoms with van der Waals surface area (Å²) in [6, 6.07) is 15.8. The number of hydrogen-bond acceptors (Lipinski definition) is 5. The van der Waals surface area contributed by atoms with Crippen LogP contribution in [0.15, 0.2) is 60.9 Å². The average Bonchev–Trinajstić information content (AvgIpc) is 2.65. The highest BCUT2D eigenvalue weighted by atomic mass is 16.6. The summed E-state index contributed by atoms with van der Waals surface area (Å²) in [6.07, 6.45) is 4.13. The van der Waals surface area contributed by atoms with Gasteiger partial charge >= 0.3 is 0 Å². The van der Waals surface area contributed by atoms with Gasteiger partial charge in [0, 0.05) is 42.1 Å². The van der Waals surface area contributed by atoms with Crippen LogP contribution in [0.4, 0.5) is 11.4 Å². The fourth-order valence-corrected chi connectivity index (χ4v) is 3.04. The van der Waals surface area contributed by atoms with Crippen LogP contribution in [0, 0.1) is 10.1 Å². The number of benzene rings is 2. The number of nitrogens with zero attached hydrogens (tertiary/aromatic N) is 3. The maximum absolute atomic E-state index is 11.2. The summed E-state index contributed by atoms with van der Waals surface area (Å²) in [6.45, 7) is 0.733. The Balaban J connectivity index is 1.82. The standard InChI is InChI=1S/C20H22N4O2/c1-23(2)16(12-15-6-4-3-5-7-15)13-22-19-8-9-20(24(25)26)18-14-21-11-10-17(18)19/h3-11,14,16,22H,12-13H2,1-2H3/t16-/m0/s1. The van der Waals surface area contributed by atoms with E-state index in [0.29, 0.717) is 11.4 Å². The molecule has 0 unspecified atom stereocenters. The normalized spacial score (nSPS) is 12.3. The van der Waals surface area contributed by atoms with Gasteiger partial charge in [-0.05, 0) is 38.2 Å². The van der Waals surface area contributed by atoms with Gasteiger partial charge in [-0.25, -0.2) is 0 Å². The SMILES string of the molecule is CN(C)[C@H](CNc1ccc([N+](=O)[O-])c2cnccc12)Cc1ccccc1. The fraction of sp³-hybridized carbons (Fsp3) is 0.250. The first-order chi connectivity index (χ1) is 12.6. The van der Waals surface area contributed by atoms with E-state index in [2.05, 4.69) is 41.4 Å². The maximum atomic E-state index is 11.2. The summed E-state index contributed by atoms with van der Waals surface area (Å²) in [4.78, 5) is 17.1. The molecule has 1 atom stereocenters. The smallest absolute Gasteiger partial charge is 0.278 e. The Labute approximate surface area is 152 Å². The van der Waals surface area contributed by atoms with E-state index in [0.717, 1.165) is 24.0 Å². The zero-order chi connectivity index (χ0) is 18.5. The number of non-ortho nitro benzene ring substituents is 1. The number of nitro groups is 1. The first-order valence-electron chi connectivity index (χ1n) is 8.51. The van der Waals surface area contributed by atoms with Gasteiger partial charge in [-0.1, -0.05) is 30.3 Å². The van der Waals surface area contributed by atoms with Crippen molar-refractivity contribution < 1.29 is 4.92 Å². The zero-order valence-electron chi connectivity index (χ0n) is 14.9. The predicted molar refractivity (Wildman–Crippen MR) is 105 cm³/mol. The molecule has 0 saturated carbocycles. The number of anilines is 1. The van der Waals surface area contributed by atoms with Crippen LogP contribution >= 0.6 is 0 Å². The van der Waals surface area contributed by atoms with Gasteiger partial charge in [-0.15, -0.1) is 0 Å². The molecular formula is C20H22N4O2. The third kappa shape index (κ3) is 3.97. The second-order valence-corrected chi connectivity index (χ2v) is 6.50. The summed E-state index contributed by atoms with van der Waals surface area (Å²) in [5.74, 6) is 0. The van der Waals surface area contributed by atoms with E-state index in [1.807, 2.05) is 24.3 Å². The molecule has 26 heavy (non-hydrogen) atoms. The average molecular weight is 350 g/mol. The van der Waals surface area contributed by atoms with Gasteiger partial charge in [-0.2, -0.15) is 0 Å². The molecule has 1 heterocycles. The Bertz CT molecular complexity index is 897. The predicted octanol–water partition coefficient (Wildman–Crippen LogP) is 3.73. The lowest BCUT2D eigenvalue weighted by molar-refractivity contribution is -0.383. The van der Waals surface area contributed by atoms with E-state index in [4.69, 9.17) is 0 Å². The van der Waals surface area contributed by atoms with E-state index in [9.17, 15) is 10.1 Å². The number of pyridine rings is 1. The number of nitrogens with one attached hydrogen (secondary N) is 1. The lowest BCUT2D eigenvalue weighted by atomic mass is 10.0. The molecule has 0 radical (unpaired) electrons. The molecule has 0 fully saturated rings. The van der Waals surface area contributed by atoms with Crippen LogP contribution in [0.5, 0.6) is 0 Å². The minimum Gasteiger partial charge on any atom is -0.383 e. The topological polar surface area (TPSA) is 71.3 Å². The second-order valence-electron chi connectivity index (χ2n) is 6.50. The van der Waals surface area contributed by atoms with Crippen molar-refractivity contribution in [2.45, 2.75) is 12.5 Å². The molecular weight excluding hydrogens is 328 g/mol. The minimum atomic E-state index is -0.369. The monoisotopic (exact) mass is 350 g/mol. The molecule has 1 N–H and O–H groups in total. The minimum absolute atomic E-state index is 0.0760. The highest BCUT2D eigenvalue weighted by Crippen LogP contribution is 2.30.